The van der Waals surface area contributed by atoms with Gasteiger partial charge in [-0.05, 0) is 43.9 Å². The van der Waals surface area contributed by atoms with E-state index in [9.17, 15) is 4.79 Å². The first kappa shape index (κ1) is 21.7. The average molecular weight is 443 g/mol. The monoisotopic (exact) mass is 442 g/mol. The summed E-state index contributed by atoms with van der Waals surface area (Å²) in [6, 6.07) is 9.89. The molecular formula is C23H31ClN6O. The maximum atomic E-state index is 12.9. The van der Waals surface area contributed by atoms with Crippen molar-refractivity contribution in [2.75, 3.05) is 60.9 Å². The molecule has 1 aromatic carbocycles. The fourth-order valence-corrected chi connectivity index (χ4v) is 4.67. The van der Waals surface area contributed by atoms with Crippen LogP contribution in [0.15, 0.2) is 36.5 Å². The SMILES string of the molecule is CCNc1nccc(N2CCC(CC(=O)N3CCN(c4ccccc4Cl)CC3)CC2)n1. The first-order valence-corrected chi connectivity index (χ1v) is 11.6. The van der Waals surface area contributed by atoms with Crippen molar-refractivity contribution in [2.45, 2.75) is 26.2 Å². The fourth-order valence-electron chi connectivity index (χ4n) is 4.42. The van der Waals surface area contributed by atoms with Crippen LogP contribution in [0, 0.1) is 5.92 Å². The van der Waals surface area contributed by atoms with Crippen molar-refractivity contribution in [3.63, 3.8) is 0 Å². The third-order valence-electron chi connectivity index (χ3n) is 6.20. The van der Waals surface area contributed by atoms with Crippen molar-refractivity contribution >= 4 is 35.0 Å². The molecule has 1 aromatic heterocycles. The summed E-state index contributed by atoms with van der Waals surface area (Å²) in [7, 11) is 0. The van der Waals surface area contributed by atoms with E-state index in [2.05, 4.69) is 25.1 Å². The van der Waals surface area contributed by atoms with E-state index in [1.54, 1.807) is 6.20 Å². The highest BCUT2D eigenvalue weighted by Crippen LogP contribution is 2.28. The Morgan fingerprint density at radius 3 is 2.52 bits per heavy atom. The molecule has 2 saturated heterocycles. The Morgan fingerprint density at radius 1 is 1.06 bits per heavy atom. The molecule has 2 aliphatic heterocycles. The van der Waals surface area contributed by atoms with Gasteiger partial charge in [0.25, 0.3) is 0 Å². The fraction of sp³-hybridized carbons (Fsp3) is 0.522. The number of carbonyl (C=O) groups is 1. The number of nitrogens with zero attached hydrogens (tertiary/aromatic N) is 5. The molecule has 0 saturated carbocycles. The zero-order valence-electron chi connectivity index (χ0n) is 18.1. The van der Waals surface area contributed by atoms with Crippen LogP contribution in [-0.4, -0.2) is 66.6 Å². The van der Waals surface area contributed by atoms with Crippen LogP contribution < -0.4 is 15.1 Å². The summed E-state index contributed by atoms with van der Waals surface area (Å²) in [5.41, 5.74) is 1.06. The van der Waals surface area contributed by atoms with Gasteiger partial charge >= 0.3 is 0 Å². The lowest BCUT2D eigenvalue weighted by Crippen LogP contribution is -2.49. The van der Waals surface area contributed by atoms with Gasteiger partial charge in [-0.1, -0.05) is 23.7 Å². The number of carbonyl (C=O) groups excluding carboxylic acids is 1. The Morgan fingerprint density at radius 2 is 1.81 bits per heavy atom. The van der Waals surface area contributed by atoms with Crippen molar-refractivity contribution in [1.29, 1.82) is 0 Å². The molecule has 2 fully saturated rings. The lowest BCUT2D eigenvalue weighted by Gasteiger charge is -2.38. The van der Waals surface area contributed by atoms with Crippen molar-refractivity contribution in [3.8, 4) is 0 Å². The molecule has 2 aromatic rings. The van der Waals surface area contributed by atoms with Gasteiger partial charge in [0.05, 0.1) is 10.7 Å². The maximum Gasteiger partial charge on any atom is 0.224 e. The van der Waals surface area contributed by atoms with E-state index in [1.165, 1.54) is 0 Å². The molecule has 1 amide bonds. The topological polar surface area (TPSA) is 64.6 Å². The molecular weight excluding hydrogens is 412 g/mol. The van der Waals surface area contributed by atoms with Gasteiger partial charge < -0.3 is 20.0 Å². The molecule has 2 aliphatic rings. The largest absolute Gasteiger partial charge is 0.367 e. The van der Waals surface area contributed by atoms with Crippen LogP contribution in [-0.2, 0) is 4.79 Å². The molecule has 1 N–H and O–H groups in total. The number of piperidine rings is 1. The Hall–Kier alpha value is -2.54. The molecule has 7 nitrogen and oxygen atoms in total. The van der Waals surface area contributed by atoms with E-state index in [0.717, 1.165) is 75.2 Å². The van der Waals surface area contributed by atoms with E-state index < -0.39 is 0 Å². The van der Waals surface area contributed by atoms with Gasteiger partial charge in [-0.15, -0.1) is 0 Å². The highest BCUT2D eigenvalue weighted by atomic mass is 35.5. The molecule has 0 bridgehead atoms. The minimum absolute atomic E-state index is 0.286. The lowest BCUT2D eigenvalue weighted by atomic mass is 9.93. The predicted molar refractivity (Wildman–Crippen MR) is 126 cm³/mol. The summed E-state index contributed by atoms with van der Waals surface area (Å²) in [6.07, 6.45) is 4.49. The van der Waals surface area contributed by atoms with Gasteiger partial charge in [-0.3, -0.25) is 4.79 Å². The zero-order chi connectivity index (χ0) is 21.6. The van der Waals surface area contributed by atoms with Crippen LogP contribution in [0.3, 0.4) is 0 Å². The van der Waals surface area contributed by atoms with Crippen molar-refractivity contribution in [1.82, 2.24) is 14.9 Å². The van der Waals surface area contributed by atoms with Crippen molar-refractivity contribution in [2.24, 2.45) is 5.92 Å². The predicted octanol–water partition coefficient (Wildman–Crippen LogP) is 3.52. The first-order chi connectivity index (χ1) is 15.1. The molecule has 3 heterocycles. The summed E-state index contributed by atoms with van der Waals surface area (Å²) in [4.78, 5) is 28.3. The standard InChI is InChI=1S/C23H31ClN6O/c1-2-25-23-26-10-7-21(27-23)29-11-8-18(9-12-29)17-22(31)30-15-13-28(14-16-30)20-6-4-3-5-19(20)24/h3-7,10,18H,2,8-9,11-17H2,1H3,(H,25,26,27). The van der Waals surface area contributed by atoms with Crippen LogP contribution in [0.2, 0.25) is 5.02 Å². The highest BCUT2D eigenvalue weighted by Gasteiger charge is 2.27. The number of benzene rings is 1. The Balaban J connectivity index is 1.23. The van der Waals surface area contributed by atoms with E-state index >= 15 is 0 Å². The number of piperazine rings is 1. The van der Waals surface area contributed by atoms with Crippen LogP contribution in [0.5, 0.6) is 0 Å². The molecule has 0 radical (unpaired) electrons. The molecule has 0 aliphatic carbocycles. The molecule has 4 rings (SSSR count). The number of nitrogens with one attached hydrogen (secondary N) is 1. The zero-order valence-corrected chi connectivity index (χ0v) is 18.9. The van der Waals surface area contributed by atoms with Crippen molar-refractivity contribution in [3.05, 3.63) is 41.6 Å². The van der Waals surface area contributed by atoms with E-state index in [-0.39, 0.29) is 5.91 Å². The van der Waals surface area contributed by atoms with Gasteiger partial charge in [-0.2, -0.15) is 4.98 Å². The smallest absolute Gasteiger partial charge is 0.224 e. The Bertz CT molecular complexity index is 878. The molecule has 31 heavy (non-hydrogen) atoms. The second-order valence-corrected chi connectivity index (χ2v) is 8.63. The minimum atomic E-state index is 0.286. The van der Waals surface area contributed by atoms with Crippen LogP contribution in [0.25, 0.3) is 0 Å². The molecule has 166 valence electrons. The van der Waals surface area contributed by atoms with E-state index in [4.69, 9.17) is 11.6 Å². The number of halogens is 1. The molecule has 0 unspecified atom stereocenters. The average Bonchev–Trinajstić information content (AvgIpc) is 2.80. The van der Waals surface area contributed by atoms with E-state index in [1.807, 2.05) is 42.2 Å². The molecule has 0 spiro atoms. The number of amides is 1. The van der Waals surface area contributed by atoms with Gasteiger partial charge in [0.2, 0.25) is 11.9 Å². The molecule has 0 atom stereocenters. The summed E-state index contributed by atoms with van der Waals surface area (Å²) < 4.78 is 0. The minimum Gasteiger partial charge on any atom is -0.367 e. The molecule has 8 heteroatoms. The quantitative estimate of drug-likeness (QED) is 0.738. The number of aromatic nitrogens is 2. The lowest BCUT2D eigenvalue weighted by molar-refractivity contribution is -0.132. The summed E-state index contributed by atoms with van der Waals surface area (Å²) in [5, 5.41) is 3.94. The number of anilines is 3. The summed E-state index contributed by atoms with van der Waals surface area (Å²) in [5.74, 6) is 2.37. The normalized spacial score (nSPS) is 17.7. The Kier molecular flexibility index (Phi) is 7.12. The Labute approximate surface area is 189 Å². The first-order valence-electron chi connectivity index (χ1n) is 11.2. The van der Waals surface area contributed by atoms with Gasteiger partial charge in [0.1, 0.15) is 5.82 Å². The summed E-state index contributed by atoms with van der Waals surface area (Å²) >= 11 is 6.33. The second kappa shape index (κ2) is 10.2. The van der Waals surface area contributed by atoms with E-state index in [0.29, 0.717) is 18.3 Å². The van der Waals surface area contributed by atoms with Crippen molar-refractivity contribution < 1.29 is 4.79 Å². The number of para-hydroxylation sites is 1. The van der Waals surface area contributed by atoms with Gasteiger partial charge in [0.15, 0.2) is 0 Å². The van der Waals surface area contributed by atoms with Gasteiger partial charge in [-0.25, -0.2) is 4.98 Å². The summed E-state index contributed by atoms with van der Waals surface area (Å²) in [6.45, 7) is 7.89. The second-order valence-electron chi connectivity index (χ2n) is 8.22. The van der Waals surface area contributed by atoms with Crippen LogP contribution in [0.1, 0.15) is 26.2 Å². The van der Waals surface area contributed by atoms with Gasteiger partial charge in [0, 0.05) is 58.4 Å². The van der Waals surface area contributed by atoms with Crippen LogP contribution >= 0.6 is 11.6 Å². The number of hydrogen-bond donors (Lipinski definition) is 1. The number of hydrogen-bond acceptors (Lipinski definition) is 6. The maximum absolute atomic E-state index is 12.9. The third kappa shape index (κ3) is 5.39. The highest BCUT2D eigenvalue weighted by molar-refractivity contribution is 6.33. The number of rotatable bonds is 6. The third-order valence-corrected chi connectivity index (χ3v) is 6.52. The van der Waals surface area contributed by atoms with Crippen LogP contribution in [0.4, 0.5) is 17.5 Å².